The van der Waals surface area contributed by atoms with E-state index >= 15 is 0 Å². The number of ether oxygens (including phenoxy) is 1. The highest BCUT2D eigenvalue weighted by Crippen LogP contribution is 2.27. The Morgan fingerprint density at radius 1 is 0.933 bits per heavy atom. The van der Waals surface area contributed by atoms with Crippen LogP contribution < -0.4 is 11.1 Å². The molecule has 0 spiro atoms. The quantitative estimate of drug-likeness (QED) is 0.416. The highest BCUT2D eigenvalue weighted by molar-refractivity contribution is 6.31. The van der Waals surface area contributed by atoms with Crippen LogP contribution >= 0.6 is 11.6 Å². The Morgan fingerprint density at radius 3 is 2.10 bits per heavy atom. The lowest BCUT2D eigenvalue weighted by molar-refractivity contribution is -0.124. The Labute approximate surface area is 180 Å². The van der Waals surface area contributed by atoms with E-state index in [0.29, 0.717) is 11.6 Å². The van der Waals surface area contributed by atoms with Crippen LogP contribution in [0.3, 0.4) is 0 Å². The number of esters is 1. The standard InChI is InChI=1S/C24H23ClN2O3/c25-19-11-12-21(22(26)15-19)24(29)30-16-23(28)27-14-13-20(17-7-3-1-4-8-17)18-9-5-2-6-10-18/h1-12,15,20H,13-14,16,26H2,(H,27,28). The van der Waals surface area contributed by atoms with Crippen LogP contribution in [0.5, 0.6) is 0 Å². The lowest BCUT2D eigenvalue weighted by atomic mass is 9.88. The third-order valence-electron chi connectivity index (χ3n) is 4.73. The van der Waals surface area contributed by atoms with Crippen molar-refractivity contribution >= 4 is 29.2 Å². The van der Waals surface area contributed by atoms with Gasteiger partial charge >= 0.3 is 5.97 Å². The molecule has 30 heavy (non-hydrogen) atoms. The van der Waals surface area contributed by atoms with E-state index in [-0.39, 0.29) is 29.7 Å². The predicted octanol–water partition coefficient (Wildman–Crippen LogP) is 4.42. The summed E-state index contributed by atoms with van der Waals surface area (Å²) in [6.45, 7) is 0.0795. The van der Waals surface area contributed by atoms with Crippen molar-refractivity contribution in [2.75, 3.05) is 18.9 Å². The third kappa shape index (κ3) is 5.84. The van der Waals surface area contributed by atoms with E-state index in [1.54, 1.807) is 6.07 Å². The molecule has 6 heteroatoms. The van der Waals surface area contributed by atoms with Crippen molar-refractivity contribution in [3.05, 3.63) is 101 Å². The van der Waals surface area contributed by atoms with Crippen molar-refractivity contribution < 1.29 is 14.3 Å². The molecule has 1 amide bonds. The molecule has 3 aromatic rings. The fourth-order valence-corrected chi connectivity index (χ4v) is 3.41. The van der Waals surface area contributed by atoms with E-state index in [1.165, 1.54) is 23.3 Å². The van der Waals surface area contributed by atoms with Crippen LogP contribution in [-0.4, -0.2) is 25.0 Å². The van der Waals surface area contributed by atoms with Crippen LogP contribution in [0, 0.1) is 0 Å². The topological polar surface area (TPSA) is 81.4 Å². The van der Waals surface area contributed by atoms with Crippen LogP contribution in [0.4, 0.5) is 5.69 Å². The first-order chi connectivity index (χ1) is 14.5. The van der Waals surface area contributed by atoms with E-state index in [1.807, 2.05) is 36.4 Å². The molecule has 0 radical (unpaired) electrons. The number of nitrogen functional groups attached to an aromatic ring is 1. The van der Waals surface area contributed by atoms with Crippen LogP contribution in [0.25, 0.3) is 0 Å². The van der Waals surface area contributed by atoms with Crippen LogP contribution in [0.15, 0.2) is 78.9 Å². The molecule has 0 bridgehead atoms. The van der Waals surface area contributed by atoms with Gasteiger partial charge in [0.1, 0.15) is 0 Å². The molecule has 0 aromatic heterocycles. The molecule has 0 aliphatic carbocycles. The molecule has 3 N–H and O–H groups in total. The Morgan fingerprint density at radius 2 is 1.53 bits per heavy atom. The summed E-state index contributed by atoms with van der Waals surface area (Å²) < 4.78 is 5.06. The Bertz CT molecular complexity index is 954. The fraction of sp³-hybridized carbons (Fsp3) is 0.167. The molecule has 0 unspecified atom stereocenters. The van der Waals surface area contributed by atoms with E-state index in [0.717, 1.165) is 6.42 Å². The van der Waals surface area contributed by atoms with Crippen LogP contribution in [0.2, 0.25) is 5.02 Å². The first kappa shape index (κ1) is 21.4. The van der Waals surface area contributed by atoms with Gasteiger partial charge in [-0.3, -0.25) is 4.79 Å². The van der Waals surface area contributed by atoms with Crippen LogP contribution in [-0.2, 0) is 9.53 Å². The molecule has 3 aromatic carbocycles. The Kier molecular flexibility index (Phi) is 7.46. The number of rotatable bonds is 8. The summed E-state index contributed by atoms with van der Waals surface area (Å²) in [5, 5.41) is 3.24. The molecule has 0 aliphatic rings. The number of amides is 1. The number of hydrogen-bond donors (Lipinski definition) is 2. The van der Waals surface area contributed by atoms with Gasteiger partial charge in [0.25, 0.3) is 5.91 Å². The average molecular weight is 423 g/mol. The first-order valence-corrected chi connectivity index (χ1v) is 10.0. The number of carbonyl (C=O) groups is 2. The molecule has 0 aliphatic heterocycles. The largest absolute Gasteiger partial charge is 0.452 e. The molecular weight excluding hydrogens is 400 g/mol. The molecule has 3 rings (SSSR count). The summed E-state index contributed by atoms with van der Waals surface area (Å²) in [4.78, 5) is 24.2. The second kappa shape index (κ2) is 10.5. The van der Waals surface area contributed by atoms with Crippen molar-refractivity contribution in [3.8, 4) is 0 Å². The van der Waals surface area contributed by atoms with Crippen molar-refractivity contribution in [3.63, 3.8) is 0 Å². The van der Waals surface area contributed by atoms with Gasteiger partial charge in [0.2, 0.25) is 0 Å². The van der Waals surface area contributed by atoms with E-state index in [4.69, 9.17) is 22.1 Å². The molecule has 0 fully saturated rings. The minimum Gasteiger partial charge on any atom is -0.452 e. The minimum absolute atomic E-state index is 0.157. The lowest BCUT2D eigenvalue weighted by Gasteiger charge is -2.18. The minimum atomic E-state index is -0.661. The van der Waals surface area contributed by atoms with Crippen LogP contribution in [0.1, 0.15) is 33.8 Å². The van der Waals surface area contributed by atoms with E-state index in [9.17, 15) is 9.59 Å². The van der Waals surface area contributed by atoms with Crippen molar-refractivity contribution in [1.82, 2.24) is 5.32 Å². The second-order valence-electron chi connectivity index (χ2n) is 6.82. The summed E-state index contributed by atoms with van der Waals surface area (Å²) in [6, 6.07) is 24.8. The molecule has 0 heterocycles. The molecule has 0 atom stereocenters. The summed E-state index contributed by atoms with van der Waals surface area (Å²) >= 11 is 5.82. The molecule has 5 nitrogen and oxygen atoms in total. The zero-order valence-electron chi connectivity index (χ0n) is 16.4. The van der Waals surface area contributed by atoms with E-state index < -0.39 is 5.97 Å². The number of halogens is 1. The van der Waals surface area contributed by atoms with Gasteiger partial charge < -0.3 is 15.8 Å². The third-order valence-corrected chi connectivity index (χ3v) is 4.96. The Hall–Kier alpha value is -3.31. The monoisotopic (exact) mass is 422 g/mol. The molecular formula is C24H23ClN2O3. The summed E-state index contributed by atoms with van der Waals surface area (Å²) in [5.74, 6) is -0.870. The molecule has 0 saturated carbocycles. The fourth-order valence-electron chi connectivity index (χ4n) is 3.23. The zero-order valence-corrected chi connectivity index (χ0v) is 17.1. The van der Waals surface area contributed by atoms with Crippen molar-refractivity contribution in [1.29, 1.82) is 0 Å². The first-order valence-electron chi connectivity index (χ1n) is 9.63. The number of nitrogens with two attached hydrogens (primary N) is 1. The van der Waals surface area contributed by atoms with E-state index in [2.05, 4.69) is 29.6 Å². The number of anilines is 1. The smallest absolute Gasteiger partial charge is 0.340 e. The average Bonchev–Trinajstić information content (AvgIpc) is 2.76. The van der Waals surface area contributed by atoms with Gasteiger partial charge in [-0.1, -0.05) is 72.3 Å². The number of carbonyl (C=O) groups excluding carboxylic acids is 2. The maximum Gasteiger partial charge on any atom is 0.340 e. The summed E-state index contributed by atoms with van der Waals surface area (Å²) in [6.07, 6.45) is 0.720. The highest BCUT2D eigenvalue weighted by Gasteiger charge is 2.16. The normalized spacial score (nSPS) is 10.6. The lowest BCUT2D eigenvalue weighted by Crippen LogP contribution is -2.30. The maximum absolute atomic E-state index is 12.1. The summed E-state index contributed by atoms with van der Waals surface area (Å²) in [7, 11) is 0. The van der Waals surface area contributed by atoms with Gasteiger partial charge in [0, 0.05) is 23.2 Å². The maximum atomic E-state index is 12.1. The summed E-state index contributed by atoms with van der Waals surface area (Å²) in [5.41, 5.74) is 8.52. The number of hydrogen-bond acceptors (Lipinski definition) is 4. The second-order valence-corrected chi connectivity index (χ2v) is 7.26. The van der Waals surface area contributed by atoms with Gasteiger partial charge in [-0.05, 0) is 35.7 Å². The molecule has 154 valence electrons. The molecule has 0 saturated heterocycles. The van der Waals surface area contributed by atoms with Gasteiger partial charge in [0.15, 0.2) is 6.61 Å². The Balaban J connectivity index is 1.52. The SMILES string of the molecule is Nc1cc(Cl)ccc1C(=O)OCC(=O)NCCC(c1ccccc1)c1ccccc1. The van der Waals surface area contributed by atoms with Gasteiger partial charge in [0.05, 0.1) is 5.56 Å². The van der Waals surface area contributed by atoms with Gasteiger partial charge in [-0.25, -0.2) is 4.79 Å². The number of benzene rings is 3. The zero-order chi connectivity index (χ0) is 21.3. The predicted molar refractivity (Wildman–Crippen MR) is 119 cm³/mol. The van der Waals surface area contributed by atoms with Gasteiger partial charge in [-0.2, -0.15) is 0 Å². The highest BCUT2D eigenvalue weighted by atomic mass is 35.5. The van der Waals surface area contributed by atoms with Crippen molar-refractivity contribution in [2.24, 2.45) is 0 Å². The number of nitrogens with one attached hydrogen (secondary N) is 1. The van der Waals surface area contributed by atoms with Gasteiger partial charge in [-0.15, -0.1) is 0 Å². The van der Waals surface area contributed by atoms with Crippen molar-refractivity contribution in [2.45, 2.75) is 12.3 Å².